The average molecular weight is 273 g/mol. The molecule has 2 nitrogen and oxygen atoms in total. The highest BCUT2D eigenvalue weighted by atomic mass is 127. The molecule has 0 bridgehead atoms. The van der Waals surface area contributed by atoms with E-state index in [1.54, 1.807) is 11.8 Å². The summed E-state index contributed by atoms with van der Waals surface area (Å²) >= 11 is 3.60. The zero-order chi connectivity index (χ0) is 7.98. The van der Waals surface area contributed by atoms with Crippen LogP contribution >= 0.6 is 34.4 Å². The molecule has 60 valence electrons. The van der Waals surface area contributed by atoms with Crippen LogP contribution in [0.25, 0.3) is 0 Å². The van der Waals surface area contributed by atoms with Gasteiger partial charge >= 0.3 is 0 Å². The molecule has 0 radical (unpaired) electrons. The molecule has 0 aliphatic heterocycles. The van der Waals surface area contributed by atoms with E-state index in [1.165, 1.54) is 0 Å². The van der Waals surface area contributed by atoms with E-state index in [1.807, 2.05) is 35.9 Å². The van der Waals surface area contributed by atoms with Gasteiger partial charge in [0.15, 0.2) is 0 Å². The molecular weight excluding hydrogens is 261 g/mol. The van der Waals surface area contributed by atoms with Crippen LogP contribution < -0.4 is 5.32 Å². The van der Waals surface area contributed by atoms with Crippen molar-refractivity contribution < 1.29 is 4.79 Å². The molecule has 0 rings (SSSR count). The van der Waals surface area contributed by atoms with E-state index in [4.69, 9.17) is 0 Å². The first-order valence-electron chi connectivity index (χ1n) is 3.08. The summed E-state index contributed by atoms with van der Waals surface area (Å²) in [7, 11) is 1.82. The number of carbonyl (C=O) groups is 1. The molecule has 0 aromatic carbocycles. The summed E-state index contributed by atoms with van der Waals surface area (Å²) in [6.07, 6.45) is 2.98. The van der Waals surface area contributed by atoms with E-state index in [9.17, 15) is 4.79 Å². The van der Waals surface area contributed by atoms with Crippen molar-refractivity contribution in [3.05, 3.63) is 0 Å². The quantitative estimate of drug-likeness (QED) is 0.604. The molecule has 0 spiro atoms. The zero-order valence-corrected chi connectivity index (χ0v) is 9.16. The van der Waals surface area contributed by atoms with Crippen molar-refractivity contribution >= 4 is 38.1 Å². The van der Waals surface area contributed by atoms with Crippen LogP contribution in [0.15, 0.2) is 0 Å². The summed E-state index contributed by atoms with van der Waals surface area (Å²) in [5, 5.41) is 2.97. The Morgan fingerprint density at radius 2 is 2.40 bits per heavy atom. The van der Waals surface area contributed by atoms with Crippen molar-refractivity contribution in [1.82, 2.24) is 5.32 Å². The second kappa shape index (κ2) is 6.42. The molecule has 0 saturated carbocycles. The molecule has 0 fully saturated rings. The minimum Gasteiger partial charge on any atom is -0.310 e. The Hall–Kier alpha value is 0.710. The molecule has 4 heteroatoms. The monoisotopic (exact) mass is 273 g/mol. The van der Waals surface area contributed by atoms with Crippen molar-refractivity contribution in [3.63, 3.8) is 0 Å². The standard InChI is InChI=1S/C6H12INOS/c1-8-5(6(7)9)3-4-10-2/h5,8H,3-4H2,1-2H3/t5-/m0/s1. The number of likely N-dealkylation sites (N-methyl/N-ethyl adjacent to an activating group) is 1. The lowest BCUT2D eigenvalue weighted by Gasteiger charge is -2.09. The third-order valence-electron chi connectivity index (χ3n) is 1.23. The minimum absolute atomic E-state index is 0.0491. The maximum Gasteiger partial charge on any atom is 0.209 e. The second-order valence-electron chi connectivity index (χ2n) is 1.93. The molecule has 0 amide bonds. The van der Waals surface area contributed by atoms with Crippen LogP contribution in [0.1, 0.15) is 6.42 Å². The third-order valence-corrected chi connectivity index (χ3v) is 2.63. The summed E-state index contributed by atoms with van der Waals surface area (Å²) < 4.78 is 0.203. The Kier molecular flexibility index (Phi) is 6.88. The van der Waals surface area contributed by atoms with Gasteiger partial charge in [0.25, 0.3) is 0 Å². The summed E-state index contributed by atoms with van der Waals surface area (Å²) in [4.78, 5) is 10.8. The highest BCUT2D eigenvalue weighted by Crippen LogP contribution is 2.04. The van der Waals surface area contributed by atoms with E-state index < -0.39 is 0 Å². The largest absolute Gasteiger partial charge is 0.310 e. The maximum atomic E-state index is 10.8. The van der Waals surface area contributed by atoms with Crippen LogP contribution in [0.4, 0.5) is 0 Å². The molecule has 10 heavy (non-hydrogen) atoms. The van der Waals surface area contributed by atoms with Gasteiger partial charge in [-0.2, -0.15) is 11.8 Å². The fourth-order valence-electron chi connectivity index (χ4n) is 0.607. The molecule has 1 N–H and O–H groups in total. The van der Waals surface area contributed by atoms with E-state index in [0.717, 1.165) is 12.2 Å². The summed E-state index contributed by atoms with van der Waals surface area (Å²) in [5.74, 6) is 1.04. The van der Waals surface area contributed by atoms with Crippen molar-refractivity contribution in [2.45, 2.75) is 12.5 Å². The van der Waals surface area contributed by atoms with E-state index in [0.29, 0.717) is 0 Å². The number of hydrogen-bond acceptors (Lipinski definition) is 3. The SMILES string of the molecule is CN[C@@H](CCSC)C(=O)I. The molecule has 0 aliphatic rings. The van der Waals surface area contributed by atoms with Crippen molar-refractivity contribution in [2.75, 3.05) is 19.1 Å². The van der Waals surface area contributed by atoms with Crippen molar-refractivity contribution in [2.24, 2.45) is 0 Å². The normalized spacial score (nSPS) is 13.1. The lowest BCUT2D eigenvalue weighted by atomic mass is 10.2. The number of thioether (sulfide) groups is 1. The Morgan fingerprint density at radius 3 is 2.70 bits per heavy atom. The highest BCUT2D eigenvalue weighted by Gasteiger charge is 2.10. The number of nitrogens with one attached hydrogen (secondary N) is 1. The summed E-state index contributed by atoms with van der Waals surface area (Å²) in [6, 6.07) is 0.0491. The van der Waals surface area contributed by atoms with Gasteiger partial charge in [-0.3, -0.25) is 4.79 Å². The Morgan fingerprint density at radius 1 is 1.80 bits per heavy atom. The first kappa shape index (κ1) is 10.7. The van der Waals surface area contributed by atoms with Gasteiger partial charge in [-0.1, -0.05) is 0 Å². The molecule has 0 aromatic heterocycles. The number of rotatable bonds is 5. The van der Waals surface area contributed by atoms with Gasteiger partial charge in [0.2, 0.25) is 3.79 Å². The van der Waals surface area contributed by atoms with E-state index >= 15 is 0 Å². The van der Waals surface area contributed by atoms with Gasteiger partial charge in [-0.15, -0.1) is 0 Å². The van der Waals surface area contributed by atoms with Gasteiger partial charge < -0.3 is 5.32 Å². The van der Waals surface area contributed by atoms with Crippen LogP contribution in [0, 0.1) is 0 Å². The van der Waals surface area contributed by atoms with Crippen molar-refractivity contribution in [1.29, 1.82) is 0 Å². The van der Waals surface area contributed by atoms with Crippen LogP contribution in [-0.4, -0.2) is 28.9 Å². The first-order chi connectivity index (χ1) is 4.72. The maximum absolute atomic E-state index is 10.8. The molecular formula is C6H12INOS. The van der Waals surface area contributed by atoms with Crippen LogP contribution in [0.2, 0.25) is 0 Å². The minimum atomic E-state index is 0.0491. The first-order valence-corrected chi connectivity index (χ1v) is 5.55. The summed E-state index contributed by atoms with van der Waals surface area (Å²) in [5.41, 5.74) is 0. The molecule has 0 unspecified atom stereocenters. The van der Waals surface area contributed by atoms with Gasteiger partial charge in [-0.05, 0) is 25.5 Å². The molecule has 1 atom stereocenters. The fraction of sp³-hybridized carbons (Fsp3) is 0.833. The van der Waals surface area contributed by atoms with Crippen molar-refractivity contribution in [3.8, 4) is 0 Å². The van der Waals surface area contributed by atoms with Crippen LogP contribution in [-0.2, 0) is 4.79 Å². The molecule has 0 saturated heterocycles. The fourth-order valence-corrected chi connectivity index (χ4v) is 1.70. The van der Waals surface area contributed by atoms with Crippen LogP contribution in [0.3, 0.4) is 0 Å². The Balaban J connectivity index is 3.50. The smallest absolute Gasteiger partial charge is 0.209 e. The zero-order valence-electron chi connectivity index (χ0n) is 6.19. The number of halogens is 1. The molecule has 0 heterocycles. The number of hydrogen-bond donors (Lipinski definition) is 1. The predicted octanol–water partition coefficient (Wildman–Crippen LogP) is 1.29. The average Bonchev–Trinajstić information content (AvgIpc) is 1.89. The van der Waals surface area contributed by atoms with Gasteiger partial charge in [0, 0.05) is 22.6 Å². The van der Waals surface area contributed by atoms with Crippen LogP contribution in [0.5, 0.6) is 0 Å². The lowest BCUT2D eigenvalue weighted by Crippen LogP contribution is -2.31. The van der Waals surface area contributed by atoms with E-state index in [2.05, 4.69) is 5.32 Å². The third kappa shape index (κ3) is 4.51. The Bertz CT molecular complexity index is 110. The topological polar surface area (TPSA) is 29.1 Å². The summed E-state index contributed by atoms with van der Waals surface area (Å²) in [6.45, 7) is 0. The number of carbonyl (C=O) groups excluding carboxylic acids is 1. The van der Waals surface area contributed by atoms with Gasteiger partial charge in [0.1, 0.15) is 0 Å². The Labute approximate surface area is 79.7 Å². The molecule has 0 aliphatic carbocycles. The van der Waals surface area contributed by atoms with Gasteiger partial charge in [-0.25, -0.2) is 0 Å². The van der Waals surface area contributed by atoms with E-state index in [-0.39, 0.29) is 9.83 Å². The predicted molar refractivity (Wildman–Crippen MR) is 54.9 cm³/mol. The lowest BCUT2D eigenvalue weighted by molar-refractivity contribution is -0.111. The molecule has 0 aromatic rings. The highest BCUT2D eigenvalue weighted by molar-refractivity contribution is 14.1. The van der Waals surface area contributed by atoms with Gasteiger partial charge in [0.05, 0.1) is 6.04 Å². The second-order valence-corrected chi connectivity index (χ2v) is 3.98.